The maximum atomic E-state index is 11.6. The lowest BCUT2D eigenvalue weighted by Gasteiger charge is -2.16. The van der Waals surface area contributed by atoms with Crippen molar-refractivity contribution in [2.45, 2.75) is 25.8 Å². The second-order valence-electron chi connectivity index (χ2n) is 3.83. The van der Waals surface area contributed by atoms with Crippen LogP contribution in [0.25, 0.3) is 0 Å². The van der Waals surface area contributed by atoms with E-state index in [9.17, 15) is 4.79 Å². The highest BCUT2D eigenvalue weighted by atomic mass is 79.9. The predicted octanol–water partition coefficient (Wildman–Crippen LogP) is 1.69. The van der Waals surface area contributed by atoms with Gasteiger partial charge in [0.1, 0.15) is 0 Å². The number of nitrogens with two attached hydrogens (primary N) is 1. The van der Waals surface area contributed by atoms with E-state index < -0.39 is 5.54 Å². The number of hydrogen-bond donors (Lipinski definition) is 1. The lowest BCUT2D eigenvalue weighted by Crippen LogP contribution is -2.42. The highest BCUT2D eigenvalue weighted by molar-refractivity contribution is 9.10. The second kappa shape index (κ2) is 4.19. The van der Waals surface area contributed by atoms with Crippen LogP contribution in [0, 0.1) is 0 Å². The molecular weight excluding hydrogens is 244 g/mol. The molecule has 0 aliphatic carbocycles. The summed E-state index contributed by atoms with van der Waals surface area (Å²) in [4.78, 5) is 15.6. The van der Waals surface area contributed by atoms with Crippen LogP contribution in [-0.2, 0) is 11.2 Å². The molecule has 0 spiro atoms. The molecule has 0 saturated carbocycles. The smallest absolute Gasteiger partial charge is 0.156 e. The molecule has 14 heavy (non-hydrogen) atoms. The molecule has 2 N–H and O–H groups in total. The number of Topliss-reactive ketones (excluding diaryl/α,β-unsaturated/α-hetero) is 1. The molecule has 76 valence electrons. The van der Waals surface area contributed by atoms with Gasteiger partial charge in [0.2, 0.25) is 0 Å². The number of ketones is 1. The largest absolute Gasteiger partial charge is 0.319 e. The number of aromatic nitrogens is 1. The number of carbonyl (C=O) groups is 1. The van der Waals surface area contributed by atoms with Gasteiger partial charge in [0.05, 0.1) is 5.54 Å². The van der Waals surface area contributed by atoms with Gasteiger partial charge in [-0.05, 0) is 41.4 Å². The third-order valence-corrected chi connectivity index (χ3v) is 2.28. The van der Waals surface area contributed by atoms with Gasteiger partial charge in [-0.1, -0.05) is 0 Å². The summed E-state index contributed by atoms with van der Waals surface area (Å²) in [5, 5.41) is 0. The molecule has 0 unspecified atom stereocenters. The molecule has 0 saturated heterocycles. The number of nitrogens with zero attached hydrogens (tertiary/aromatic N) is 1. The minimum absolute atomic E-state index is 0.0115. The first-order chi connectivity index (χ1) is 6.39. The zero-order chi connectivity index (χ0) is 10.8. The molecule has 0 radical (unpaired) electrons. The quantitative estimate of drug-likeness (QED) is 0.896. The normalized spacial score (nSPS) is 11.4. The highest BCUT2D eigenvalue weighted by Crippen LogP contribution is 2.12. The summed E-state index contributed by atoms with van der Waals surface area (Å²) in [6, 6.07) is 1.87. The van der Waals surface area contributed by atoms with E-state index in [0.717, 1.165) is 10.0 Å². The number of hydrogen-bond acceptors (Lipinski definition) is 3. The molecule has 0 aliphatic heterocycles. The Morgan fingerprint density at radius 3 is 2.71 bits per heavy atom. The molecule has 1 rings (SSSR count). The van der Waals surface area contributed by atoms with Crippen molar-refractivity contribution in [3.05, 3.63) is 28.5 Å². The molecule has 0 fully saturated rings. The van der Waals surface area contributed by atoms with Crippen LogP contribution in [0.2, 0.25) is 0 Å². The van der Waals surface area contributed by atoms with Crippen molar-refractivity contribution >= 4 is 21.7 Å². The van der Waals surface area contributed by atoms with Crippen molar-refractivity contribution in [3.63, 3.8) is 0 Å². The Bertz CT molecular complexity index is 344. The van der Waals surface area contributed by atoms with Gasteiger partial charge in [-0.2, -0.15) is 0 Å². The minimum atomic E-state index is -0.775. The van der Waals surface area contributed by atoms with Crippen molar-refractivity contribution in [2.75, 3.05) is 0 Å². The summed E-state index contributed by atoms with van der Waals surface area (Å²) in [6.45, 7) is 3.42. The Balaban J connectivity index is 2.75. The van der Waals surface area contributed by atoms with E-state index in [2.05, 4.69) is 20.9 Å². The third kappa shape index (κ3) is 3.20. The van der Waals surface area contributed by atoms with E-state index in [-0.39, 0.29) is 5.78 Å². The van der Waals surface area contributed by atoms with E-state index in [0.29, 0.717) is 6.42 Å². The molecule has 0 amide bonds. The fourth-order valence-corrected chi connectivity index (χ4v) is 1.38. The maximum Gasteiger partial charge on any atom is 0.156 e. The standard InChI is InChI=1S/C10H13BrN2O/c1-10(2,12)9(14)4-7-3-8(11)6-13-5-7/h3,5-6H,4,12H2,1-2H3. The maximum absolute atomic E-state index is 11.6. The van der Waals surface area contributed by atoms with Crippen molar-refractivity contribution in [3.8, 4) is 0 Å². The van der Waals surface area contributed by atoms with Crippen LogP contribution in [0.1, 0.15) is 19.4 Å². The van der Waals surface area contributed by atoms with Crippen molar-refractivity contribution in [1.82, 2.24) is 4.98 Å². The Morgan fingerprint density at radius 1 is 1.57 bits per heavy atom. The lowest BCUT2D eigenvalue weighted by atomic mass is 9.96. The summed E-state index contributed by atoms with van der Waals surface area (Å²) in [7, 11) is 0. The molecule has 0 aliphatic rings. The number of pyridine rings is 1. The Morgan fingerprint density at radius 2 is 2.21 bits per heavy atom. The van der Waals surface area contributed by atoms with Gasteiger partial charge >= 0.3 is 0 Å². The molecule has 1 aromatic rings. The number of halogens is 1. The zero-order valence-corrected chi connectivity index (χ0v) is 9.84. The van der Waals surface area contributed by atoms with Crippen LogP contribution >= 0.6 is 15.9 Å². The van der Waals surface area contributed by atoms with Gasteiger partial charge in [-0.25, -0.2) is 0 Å². The minimum Gasteiger partial charge on any atom is -0.319 e. The fourth-order valence-electron chi connectivity index (χ4n) is 0.966. The first-order valence-corrected chi connectivity index (χ1v) is 5.10. The van der Waals surface area contributed by atoms with E-state index in [1.165, 1.54) is 0 Å². The summed E-state index contributed by atoms with van der Waals surface area (Å²) in [6.07, 6.45) is 3.69. The molecule has 3 nitrogen and oxygen atoms in total. The van der Waals surface area contributed by atoms with Crippen LogP contribution in [0.4, 0.5) is 0 Å². The first-order valence-electron chi connectivity index (χ1n) is 4.31. The average molecular weight is 257 g/mol. The van der Waals surface area contributed by atoms with Gasteiger partial charge in [-0.15, -0.1) is 0 Å². The lowest BCUT2D eigenvalue weighted by molar-refractivity contribution is -0.122. The second-order valence-corrected chi connectivity index (χ2v) is 4.75. The molecule has 0 aromatic carbocycles. The summed E-state index contributed by atoms with van der Waals surface area (Å²) in [5.74, 6) is 0.0115. The van der Waals surface area contributed by atoms with Crippen LogP contribution in [0.5, 0.6) is 0 Å². The summed E-state index contributed by atoms with van der Waals surface area (Å²) < 4.78 is 0.873. The van der Waals surface area contributed by atoms with E-state index >= 15 is 0 Å². The van der Waals surface area contributed by atoms with Crippen molar-refractivity contribution in [1.29, 1.82) is 0 Å². The van der Waals surface area contributed by atoms with Gasteiger partial charge in [0.25, 0.3) is 0 Å². The van der Waals surface area contributed by atoms with E-state index in [1.54, 1.807) is 26.2 Å². The van der Waals surface area contributed by atoms with Crippen molar-refractivity contribution < 1.29 is 4.79 Å². The van der Waals surface area contributed by atoms with Crippen LogP contribution in [0.3, 0.4) is 0 Å². The third-order valence-electron chi connectivity index (χ3n) is 1.84. The molecule has 1 aromatic heterocycles. The van der Waals surface area contributed by atoms with Gasteiger partial charge in [0, 0.05) is 23.3 Å². The van der Waals surface area contributed by atoms with Crippen LogP contribution < -0.4 is 5.73 Å². The van der Waals surface area contributed by atoms with Crippen LogP contribution in [0.15, 0.2) is 22.9 Å². The fraction of sp³-hybridized carbons (Fsp3) is 0.400. The summed E-state index contributed by atoms with van der Waals surface area (Å²) in [5.41, 5.74) is 5.79. The molecule has 1 heterocycles. The number of rotatable bonds is 3. The first kappa shape index (κ1) is 11.3. The van der Waals surface area contributed by atoms with Crippen molar-refractivity contribution in [2.24, 2.45) is 5.73 Å². The van der Waals surface area contributed by atoms with Gasteiger partial charge in [-0.3, -0.25) is 9.78 Å². The van der Waals surface area contributed by atoms with Gasteiger partial charge in [0.15, 0.2) is 5.78 Å². The van der Waals surface area contributed by atoms with Gasteiger partial charge < -0.3 is 5.73 Å². The Labute approximate surface area is 91.8 Å². The van der Waals surface area contributed by atoms with E-state index in [4.69, 9.17) is 5.73 Å². The van der Waals surface area contributed by atoms with E-state index in [1.807, 2.05) is 6.07 Å². The zero-order valence-electron chi connectivity index (χ0n) is 8.25. The Kier molecular flexibility index (Phi) is 3.39. The Hall–Kier alpha value is -0.740. The predicted molar refractivity (Wildman–Crippen MR) is 58.9 cm³/mol. The molecule has 0 bridgehead atoms. The average Bonchev–Trinajstić information content (AvgIpc) is 2.02. The molecular formula is C10H13BrN2O. The molecule has 4 heteroatoms. The topological polar surface area (TPSA) is 56.0 Å². The summed E-state index contributed by atoms with van der Waals surface area (Å²) >= 11 is 3.30. The number of carbonyl (C=O) groups excluding carboxylic acids is 1. The van der Waals surface area contributed by atoms with Crippen LogP contribution in [-0.4, -0.2) is 16.3 Å². The SMILES string of the molecule is CC(C)(N)C(=O)Cc1cncc(Br)c1. The monoisotopic (exact) mass is 256 g/mol. The highest BCUT2D eigenvalue weighted by Gasteiger charge is 2.21. The molecule has 0 atom stereocenters.